The molecule has 0 radical (unpaired) electrons. The van der Waals surface area contributed by atoms with Gasteiger partial charge >= 0.3 is 11.8 Å². The monoisotopic (exact) mass is 486 g/mol. The summed E-state index contributed by atoms with van der Waals surface area (Å²) in [7, 11) is 0. The third-order valence-electron chi connectivity index (χ3n) is 6.40. The first kappa shape index (κ1) is 24.7. The number of anilines is 1. The number of hydrogen-bond acceptors (Lipinski definition) is 5. The smallest absolute Gasteiger partial charge is 0.316 e. The SMILES string of the molecule is CC(=N)N1CCC(Oc2ccc(N(Cc3ccc4cccc(C(=N)N)c4c3)C(=O)C(N)=O)cc2)CC1. The number of fused-ring (bicyclic) bond motifs is 1. The van der Waals surface area contributed by atoms with Crippen molar-refractivity contribution in [1.82, 2.24) is 4.90 Å². The summed E-state index contributed by atoms with van der Waals surface area (Å²) in [4.78, 5) is 27.9. The number of nitrogens with two attached hydrogens (primary N) is 2. The maximum absolute atomic E-state index is 12.7. The predicted molar refractivity (Wildman–Crippen MR) is 140 cm³/mol. The number of likely N-dealkylation sites (tertiary alicyclic amines) is 1. The number of rotatable bonds is 6. The van der Waals surface area contributed by atoms with Gasteiger partial charge in [-0.1, -0.05) is 30.3 Å². The van der Waals surface area contributed by atoms with Crippen molar-refractivity contribution in [2.45, 2.75) is 32.4 Å². The first-order valence-electron chi connectivity index (χ1n) is 11.8. The van der Waals surface area contributed by atoms with E-state index < -0.39 is 11.8 Å². The zero-order valence-electron chi connectivity index (χ0n) is 20.2. The fourth-order valence-corrected chi connectivity index (χ4v) is 4.46. The predicted octanol–water partition coefficient (Wildman–Crippen LogP) is 2.98. The number of amidine groups is 2. The summed E-state index contributed by atoms with van der Waals surface area (Å²) in [5.41, 5.74) is 13.0. The number of nitrogens with zero attached hydrogens (tertiary/aromatic N) is 2. The highest BCUT2D eigenvalue weighted by Crippen LogP contribution is 2.26. The summed E-state index contributed by atoms with van der Waals surface area (Å²) in [5, 5.41) is 17.3. The number of piperidine rings is 1. The molecule has 186 valence electrons. The average Bonchev–Trinajstić information content (AvgIpc) is 2.87. The molecule has 9 heteroatoms. The van der Waals surface area contributed by atoms with E-state index >= 15 is 0 Å². The van der Waals surface area contributed by atoms with Gasteiger partial charge in [0.05, 0.1) is 12.4 Å². The maximum atomic E-state index is 12.7. The van der Waals surface area contributed by atoms with Crippen LogP contribution in [-0.4, -0.2) is 47.6 Å². The van der Waals surface area contributed by atoms with Crippen LogP contribution in [0.5, 0.6) is 5.75 Å². The second-order valence-corrected chi connectivity index (χ2v) is 8.91. The Morgan fingerprint density at radius 2 is 1.72 bits per heavy atom. The van der Waals surface area contributed by atoms with Gasteiger partial charge in [-0.15, -0.1) is 0 Å². The van der Waals surface area contributed by atoms with Crippen molar-refractivity contribution in [2.24, 2.45) is 11.5 Å². The van der Waals surface area contributed by atoms with Gasteiger partial charge in [-0.3, -0.25) is 25.3 Å². The van der Waals surface area contributed by atoms with E-state index in [-0.39, 0.29) is 18.5 Å². The minimum Gasteiger partial charge on any atom is -0.490 e. The molecule has 0 spiro atoms. The molecule has 0 atom stereocenters. The largest absolute Gasteiger partial charge is 0.490 e. The lowest BCUT2D eigenvalue weighted by Gasteiger charge is -2.32. The molecule has 0 bridgehead atoms. The average molecular weight is 487 g/mol. The molecule has 36 heavy (non-hydrogen) atoms. The van der Waals surface area contributed by atoms with Gasteiger partial charge in [0.2, 0.25) is 0 Å². The van der Waals surface area contributed by atoms with Crippen LogP contribution in [0.1, 0.15) is 30.9 Å². The first-order chi connectivity index (χ1) is 17.2. The Bertz CT molecular complexity index is 1310. The van der Waals surface area contributed by atoms with E-state index in [4.69, 9.17) is 27.0 Å². The Hall–Kier alpha value is -4.40. The first-order valence-corrected chi connectivity index (χ1v) is 11.8. The van der Waals surface area contributed by atoms with Crippen LogP contribution in [0, 0.1) is 10.8 Å². The van der Waals surface area contributed by atoms with Gasteiger partial charge in [-0.05, 0) is 53.6 Å². The van der Waals surface area contributed by atoms with Crippen LogP contribution in [0.3, 0.4) is 0 Å². The summed E-state index contributed by atoms with van der Waals surface area (Å²) < 4.78 is 6.10. The third-order valence-corrected chi connectivity index (χ3v) is 6.40. The lowest BCUT2D eigenvalue weighted by Crippen LogP contribution is -2.40. The van der Waals surface area contributed by atoms with E-state index in [9.17, 15) is 9.59 Å². The Kier molecular flexibility index (Phi) is 7.19. The normalized spacial score (nSPS) is 13.9. The highest BCUT2D eigenvalue weighted by atomic mass is 16.5. The molecule has 1 aliphatic rings. The van der Waals surface area contributed by atoms with Crippen LogP contribution in [0.25, 0.3) is 10.8 Å². The quantitative estimate of drug-likeness (QED) is 0.240. The fraction of sp³-hybridized carbons (Fsp3) is 0.259. The van der Waals surface area contributed by atoms with Crippen LogP contribution in [0.15, 0.2) is 60.7 Å². The van der Waals surface area contributed by atoms with E-state index in [1.165, 1.54) is 4.90 Å². The van der Waals surface area contributed by atoms with Crippen molar-refractivity contribution < 1.29 is 14.3 Å². The second kappa shape index (κ2) is 10.5. The Morgan fingerprint density at radius 3 is 2.33 bits per heavy atom. The fourth-order valence-electron chi connectivity index (χ4n) is 4.46. The van der Waals surface area contributed by atoms with Gasteiger partial charge in [0.25, 0.3) is 0 Å². The topological polar surface area (TPSA) is 150 Å². The van der Waals surface area contributed by atoms with Crippen molar-refractivity contribution in [3.05, 3.63) is 71.8 Å². The lowest BCUT2D eigenvalue weighted by atomic mass is 10.0. The lowest BCUT2D eigenvalue weighted by molar-refractivity contribution is -0.135. The number of nitrogen functional groups attached to an aromatic ring is 1. The van der Waals surface area contributed by atoms with Gasteiger partial charge < -0.3 is 21.1 Å². The summed E-state index contributed by atoms with van der Waals surface area (Å²) >= 11 is 0. The zero-order chi connectivity index (χ0) is 25.8. The number of hydrogen-bond donors (Lipinski definition) is 4. The number of ether oxygens (including phenoxy) is 1. The number of amides is 2. The molecule has 1 saturated heterocycles. The van der Waals surface area contributed by atoms with Crippen molar-refractivity contribution >= 4 is 39.9 Å². The van der Waals surface area contributed by atoms with Crippen molar-refractivity contribution in [2.75, 3.05) is 18.0 Å². The van der Waals surface area contributed by atoms with Crippen molar-refractivity contribution in [1.29, 1.82) is 10.8 Å². The van der Waals surface area contributed by atoms with Crippen LogP contribution < -0.4 is 21.1 Å². The number of nitrogens with one attached hydrogen (secondary N) is 2. The molecule has 0 saturated carbocycles. The molecule has 0 unspecified atom stereocenters. The van der Waals surface area contributed by atoms with Gasteiger partial charge in [0.15, 0.2) is 0 Å². The molecular formula is C27H30N6O3. The van der Waals surface area contributed by atoms with Gasteiger partial charge in [0, 0.05) is 37.2 Å². The standard InChI is InChI=1S/C27H30N6O3/c1-17(28)32-13-11-22(12-14-32)36-21-9-7-20(8-10-21)33(27(35)26(31)34)16-18-5-6-19-3-2-4-23(25(29)30)24(19)15-18/h2-10,15,22,28H,11-14,16H2,1H3,(H3,29,30)(H2,31,34). The van der Waals surface area contributed by atoms with Crippen LogP contribution in [0.2, 0.25) is 0 Å². The molecule has 0 aromatic heterocycles. The Morgan fingerprint density at radius 1 is 1.03 bits per heavy atom. The van der Waals surface area contributed by atoms with Crippen molar-refractivity contribution in [3.8, 4) is 5.75 Å². The molecule has 3 aromatic rings. The highest BCUT2D eigenvalue weighted by molar-refractivity contribution is 6.39. The van der Waals surface area contributed by atoms with Crippen LogP contribution >= 0.6 is 0 Å². The van der Waals surface area contributed by atoms with E-state index in [1.54, 1.807) is 37.3 Å². The highest BCUT2D eigenvalue weighted by Gasteiger charge is 2.23. The molecule has 1 fully saturated rings. The van der Waals surface area contributed by atoms with E-state index in [1.807, 2.05) is 35.2 Å². The summed E-state index contributed by atoms with van der Waals surface area (Å²) in [6.45, 7) is 3.48. The minimum atomic E-state index is -1.05. The number of benzene rings is 3. The summed E-state index contributed by atoms with van der Waals surface area (Å²) in [6, 6.07) is 18.2. The van der Waals surface area contributed by atoms with Crippen LogP contribution in [0.4, 0.5) is 5.69 Å². The molecule has 2 amide bonds. The van der Waals surface area contributed by atoms with Gasteiger partial charge in [-0.2, -0.15) is 0 Å². The third kappa shape index (κ3) is 5.46. The molecule has 0 aliphatic carbocycles. The number of carbonyl (C=O) groups excluding carboxylic acids is 2. The maximum Gasteiger partial charge on any atom is 0.316 e. The molecule has 1 heterocycles. The zero-order valence-corrected chi connectivity index (χ0v) is 20.2. The van der Waals surface area contributed by atoms with Gasteiger partial charge in [-0.25, -0.2) is 0 Å². The molecule has 6 N–H and O–H groups in total. The second-order valence-electron chi connectivity index (χ2n) is 8.91. The molecule has 4 rings (SSSR count). The van der Waals surface area contributed by atoms with Crippen LogP contribution in [-0.2, 0) is 16.1 Å². The molecule has 1 aliphatic heterocycles. The Labute approximate surface area is 209 Å². The molecule has 9 nitrogen and oxygen atoms in total. The van der Waals surface area contributed by atoms with Gasteiger partial charge in [0.1, 0.15) is 17.7 Å². The number of primary amides is 1. The molecular weight excluding hydrogens is 456 g/mol. The Balaban J connectivity index is 1.53. The molecule has 3 aromatic carbocycles. The van der Waals surface area contributed by atoms with E-state index in [0.717, 1.165) is 42.3 Å². The number of carbonyl (C=O) groups is 2. The minimum absolute atomic E-state index is 0.0444. The van der Waals surface area contributed by atoms with E-state index in [0.29, 0.717) is 22.8 Å². The summed E-state index contributed by atoms with van der Waals surface area (Å²) in [5.74, 6) is -0.670. The van der Waals surface area contributed by atoms with Crippen molar-refractivity contribution in [3.63, 3.8) is 0 Å². The van der Waals surface area contributed by atoms with E-state index in [2.05, 4.69) is 0 Å². The summed E-state index contributed by atoms with van der Waals surface area (Å²) in [6.07, 6.45) is 1.71.